The monoisotopic (exact) mass is 375 g/mol. The predicted octanol–water partition coefficient (Wildman–Crippen LogP) is 4.48. The summed E-state index contributed by atoms with van der Waals surface area (Å²) in [6, 6.07) is 10.6. The minimum absolute atomic E-state index is 0.0200. The molecule has 1 amide bonds. The smallest absolute Gasteiger partial charge is 0.246 e. The molecule has 3 heterocycles. The highest BCUT2D eigenvalue weighted by atomic mass is 32.1. The molecule has 4 rings (SSSR count). The number of aromatic nitrogens is 2. The van der Waals surface area contributed by atoms with Crippen molar-refractivity contribution in [2.45, 2.75) is 26.3 Å². The highest BCUT2D eigenvalue weighted by Gasteiger charge is 2.31. The zero-order chi connectivity index (χ0) is 19.0. The van der Waals surface area contributed by atoms with Gasteiger partial charge >= 0.3 is 0 Å². The second kappa shape index (κ2) is 7.08. The molecular weight excluding hydrogens is 354 g/mol. The first kappa shape index (κ1) is 17.6. The van der Waals surface area contributed by atoms with E-state index in [9.17, 15) is 4.79 Å². The number of hydrogen-bond donors (Lipinski definition) is 0. The van der Waals surface area contributed by atoms with Crippen molar-refractivity contribution in [2.24, 2.45) is 0 Å². The first-order chi connectivity index (χ1) is 13.1. The largest absolute Gasteiger partial charge is 0.333 e. The Morgan fingerprint density at radius 2 is 2.07 bits per heavy atom. The van der Waals surface area contributed by atoms with Crippen LogP contribution in [0.5, 0.6) is 0 Å². The fraction of sp³-hybridized carbons (Fsp3) is 0.227. The summed E-state index contributed by atoms with van der Waals surface area (Å²) < 4.78 is 0. The Kier molecular flexibility index (Phi) is 4.62. The number of nitrogens with zero attached hydrogens (tertiary/aromatic N) is 3. The van der Waals surface area contributed by atoms with Gasteiger partial charge in [0.1, 0.15) is 6.33 Å². The molecule has 1 atom stereocenters. The van der Waals surface area contributed by atoms with E-state index in [4.69, 9.17) is 0 Å². The summed E-state index contributed by atoms with van der Waals surface area (Å²) in [5.41, 5.74) is 5.65. The van der Waals surface area contributed by atoms with Crippen molar-refractivity contribution in [1.82, 2.24) is 14.9 Å². The van der Waals surface area contributed by atoms with Gasteiger partial charge in [-0.25, -0.2) is 9.97 Å². The van der Waals surface area contributed by atoms with Crippen LogP contribution in [-0.4, -0.2) is 27.3 Å². The van der Waals surface area contributed by atoms with E-state index >= 15 is 0 Å². The van der Waals surface area contributed by atoms with E-state index in [1.165, 1.54) is 27.0 Å². The quantitative estimate of drug-likeness (QED) is 0.634. The van der Waals surface area contributed by atoms with Crippen LogP contribution < -0.4 is 0 Å². The molecule has 5 heteroatoms. The Balaban J connectivity index is 1.87. The molecule has 2 aromatic heterocycles. The van der Waals surface area contributed by atoms with Crippen LogP contribution in [0.25, 0.3) is 11.1 Å². The molecule has 0 bridgehead atoms. The Labute approximate surface area is 163 Å². The van der Waals surface area contributed by atoms with Gasteiger partial charge in [-0.05, 0) is 42.7 Å². The molecule has 27 heavy (non-hydrogen) atoms. The van der Waals surface area contributed by atoms with Crippen molar-refractivity contribution in [3.63, 3.8) is 0 Å². The van der Waals surface area contributed by atoms with Gasteiger partial charge in [0, 0.05) is 39.7 Å². The second-order valence-electron chi connectivity index (χ2n) is 6.82. The third-order valence-corrected chi connectivity index (χ3v) is 6.15. The summed E-state index contributed by atoms with van der Waals surface area (Å²) in [7, 11) is 0. The topological polar surface area (TPSA) is 46.1 Å². The predicted molar refractivity (Wildman–Crippen MR) is 109 cm³/mol. The zero-order valence-corrected chi connectivity index (χ0v) is 16.3. The molecule has 0 aliphatic carbocycles. The Morgan fingerprint density at radius 1 is 1.26 bits per heavy atom. The van der Waals surface area contributed by atoms with Crippen LogP contribution in [-0.2, 0) is 11.3 Å². The van der Waals surface area contributed by atoms with Gasteiger partial charge in [-0.1, -0.05) is 30.8 Å². The van der Waals surface area contributed by atoms with Gasteiger partial charge < -0.3 is 4.90 Å². The first-order valence-electron chi connectivity index (χ1n) is 8.95. The maximum Gasteiger partial charge on any atom is 0.246 e. The summed E-state index contributed by atoms with van der Waals surface area (Å²) in [5.74, 6) is 0.104. The molecule has 1 aliphatic rings. The van der Waals surface area contributed by atoms with E-state index in [0.717, 1.165) is 16.8 Å². The van der Waals surface area contributed by atoms with Crippen molar-refractivity contribution < 1.29 is 4.79 Å². The number of amides is 1. The summed E-state index contributed by atoms with van der Waals surface area (Å²) in [6.07, 6.45) is 4.85. The lowest BCUT2D eigenvalue weighted by Crippen LogP contribution is -2.37. The van der Waals surface area contributed by atoms with Crippen molar-refractivity contribution >= 4 is 17.2 Å². The lowest BCUT2D eigenvalue weighted by Gasteiger charge is -2.33. The summed E-state index contributed by atoms with van der Waals surface area (Å²) >= 11 is 1.77. The summed E-state index contributed by atoms with van der Waals surface area (Å²) in [5, 5.41) is 0. The van der Waals surface area contributed by atoms with E-state index in [0.29, 0.717) is 13.1 Å². The van der Waals surface area contributed by atoms with Crippen LogP contribution in [0.4, 0.5) is 0 Å². The Morgan fingerprint density at radius 3 is 2.85 bits per heavy atom. The second-order valence-corrected chi connectivity index (χ2v) is 8.16. The van der Waals surface area contributed by atoms with Gasteiger partial charge in [-0.3, -0.25) is 4.79 Å². The van der Waals surface area contributed by atoms with Crippen LogP contribution in [0.3, 0.4) is 0 Å². The third-order valence-electron chi connectivity index (χ3n) is 5.10. The highest BCUT2D eigenvalue weighted by Crippen LogP contribution is 2.41. The van der Waals surface area contributed by atoms with Gasteiger partial charge in [0.25, 0.3) is 0 Å². The number of thiophene rings is 1. The Hall–Kier alpha value is -2.79. The molecule has 0 saturated heterocycles. The molecule has 0 fully saturated rings. The molecule has 1 aliphatic heterocycles. The molecule has 4 nitrogen and oxygen atoms in total. The maximum atomic E-state index is 12.4. The van der Waals surface area contributed by atoms with Crippen LogP contribution in [0, 0.1) is 13.8 Å². The average molecular weight is 375 g/mol. The molecule has 0 radical (unpaired) electrons. The maximum absolute atomic E-state index is 12.4. The Bertz CT molecular complexity index is 1020. The van der Waals surface area contributed by atoms with Crippen LogP contribution >= 0.6 is 11.3 Å². The van der Waals surface area contributed by atoms with Crippen LogP contribution in [0.15, 0.2) is 55.5 Å². The van der Waals surface area contributed by atoms with Crippen LogP contribution in [0.1, 0.15) is 32.5 Å². The molecular formula is C22H21N3OS. The average Bonchev–Trinajstić information content (AvgIpc) is 3.07. The van der Waals surface area contributed by atoms with E-state index in [1.54, 1.807) is 17.7 Å². The molecule has 0 N–H and O–H groups in total. The molecule has 0 saturated carbocycles. The van der Waals surface area contributed by atoms with E-state index < -0.39 is 0 Å². The number of hydrogen-bond acceptors (Lipinski definition) is 4. The van der Waals surface area contributed by atoms with E-state index in [1.807, 2.05) is 24.1 Å². The molecule has 3 aromatic rings. The standard InChI is InChI=1S/C22H21N3OS/c1-4-22(26)25-11-20(18-9-14(2)27-21(18)12-25)17-8-6-5-7-16(17)19-10-23-13-24-15(19)3/h4-10,13,20H,1,11-12H2,2-3H3/t20-/m1/s1. The summed E-state index contributed by atoms with van der Waals surface area (Å²) in [6.45, 7) is 9.10. The first-order valence-corrected chi connectivity index (χ1v) is 9.76. The number of fused-ring (bicyclic) bond motifs is 1. The lowest BCUT2D eigenvalue weighted by molar-refractivity contribution is -0.127. The zero-order valence-electron chi connectivity index (χ0n) is 15.5. The van der Waals surface area contributed by atoms with Crippen molar-refractivity contribution in [2.75, 3.05) is 6.54 Å². The van der Waals surface area contributed by atoms with Crippen molar-refractivity contribution in [3.8, 4) is 11.1 Å². The highest BCUT2D eigenvalue weighted by molar-refractivity contribution is 7.12. The van der Waals surface area contributed by atoms with Gasteiger partial charge in [0.2, 0.25) is 5.91 Å². The van der Waals surface area contributed by atoms with E-state index in [2.05, 4.69) is 47.7 Å². The van der Waals surface area contributed by atoms with Crippen molar-refractivity contribution in [1.29, 1.82) is 0 Å². The molecule has 0 spiro atoms. The van der Waals surface area contributed by atoms with Gasteiger partial charge in [-0.15, -0.1) is 11.3 Å². The minimum atomic E-state index is -0.0200. The van der Waals surface area contributed by atoms with Crippen molar-refractivity contribution in [3.05, 3.63) is 82.1 Å². The SMILES string of the molecule is C=CC(=O)N1Cc2sc(C)cc2[C@@H](c2ccccc2-c2cncnc2C)C1. The molecule has 0 unspecified atom stereocenters. The van der Waals surface area contributed by atoms with Gasteiger partial charge in [-0.2, -0.15) is 0 Å². The number of aryl methyl sites for hydroxylation is 2. The fourth-order valence-electron chi connectivity index (χ4n) is 3.82. The molecule has 136 valence electrons. The number of benzene rings is 1. The number of rotatable bonds is 3. The third kappa shape index (κ3) is 3.19. The fourth-order valence-corrected chi connectivity index (χ4v) is 4.94. The molecule has 1 aromatic carbocycles. The van der Waals surface area contributed by atoms with Gasteiger partial charge in [0.05, 0.1) is 6.54 Å². The van der Waals surface area contributed by atoms with E-state index in [-0.39, 0.29) is 11.8 Å². The summed E-state index contributed by atoms with van der Waals surface area (Å²) in [4.78, 5) is 25.4. The normalized spacial score (nSPS) is 16.1. The van der Waals surface area contributed by atoms with Gasteiger partial charge in [0.15, 0.2) is 0 Å². The minimum Gasteiger partial charge on any atom is -0.333 e. The number of carbonyl (C=O) groups is 1. The van der Waals surface area contributed by atoms with Crippen LogP contribution in [0.2, 0.25) is 0 Å². The number of carbonyl (C=O) groups excluding carboxylic acids is 1. The lowest BCUT2D eigenvalue weighted by atomic mass is 9.83.